The molecule has 0 aromatic heterocycles. The second-order valence-electron chi connectivity index (χ2n) is 6.76. The largest absolute Gasteiger partial charge is 0.451 e. The molecule has 0 saturated heterocycles. The number of amides is 3. The van der Waals surface area contributed by atoms with Crippen LogP contribution in [0.2, 0.25) is 5.02 Å². The summed E-state index contributed by atoms with van der Waals surface area (Å²) >= 11 is 5.89. The molecule has 2 rings (SSSR count). The smallest absolute Gasteiger partial charge is 0.329 e. The molecule has 0 radical (unpaired) electrons. The number of carbonyl (C=O) groups excluding carboxylic acids is 3. The Bertz CT molecular complexity index is 858. The Morgan fingerprint density at radius 3 is 2.17 bits per heavy atom. The summed E-state index contributed by atoms with van der Waals surface area (Å²) in [6.07, 6.45) is -1.05. The fourth-order valence-corrected chi connectivity index (χ4v) is 2.63. The number of carbonyl (C=O) groups is 3. The van der Waals surface area contributed by atoms with Crippen LogP contribution in [-0.4, -0.2) is 30.1 Å². The van der Waals surface area contributed by atoms with Crippen LogP contribution in [-0.2, 0) is 14.3 Å². The third kappa shape index (κ3) is 7.12. The predicted molar refractivity (Wildman–Crippen MR) is 113 cm³/mol. The highest BCUT2D eigenvalue weighted by atomic mass is 35.5. The SMILES string of the molecule is CC(C)[C@@H](NC(=O)Nc1ccccc1)C(=O)O[C@@H](C)C(=O)Nc1cccc(Cl)c1. The molecule has 0 bridgehead atoms. The van der Waals surface area contributed by atoms with Crippen LogP contribution in [0, 0.1) is 5.92 Å². The molecule has 2 atom stereocenters. The molecule has 2 aromatic rings. The lowest BCUT2D eigenvalue weighted by atomic mass is 10.0. The van der Waals surface area contributed by atoms with Gasteiger partial charge < -0.3 is 20.7 Å². The van der Waals surface area contributed by atoms with E-state index in [1.54, 1.807) is 62.4 Å². The van der Waals surface area contributed by atoms with Crippen LogP contribution in [0.5, 0.6) is 0 Å². The van der Waals surface area contributed by atoms with Gasteiger partial charge in [0.25, 0.3) is 5.91 Å². The van der Waals surface area contributed by atoms with Gasteiger partial charge in [0.15, 0.2) is 6.10 Å². The molecule has 7 nitrogen and oxygen atoms in total. The third-order valence-corrected chi connectivity index (χ3v) is 4.23. The molecule has 154 valence electrons. The van der Waals surface area contributed by atoms with Gasteiger partial charge >= 0.3 is 12.0 Å². The first-order chi connectivity index (χ1) is 13.8. The molecule has 0 spiro atoms. The molecule has 0 unspecified atom stereocenters. The van der Waals surface area contributed by atoms with Crippen molar-refractivity contribution in [1.29, 1.82) is 0 Å². The van der Waals surface area contributed by atoms with Gasteiger partial charge in [0.2, 0.25) is 0 Å². The van der Waals surface area contributed by atoms with Crippen LogP contribution in [0.15, 0.2) is 54.6 Å². The predicted octanol–water partition coefficient (Wildman–Crippen LogP) is 4.06. The van der Waals surface area contributed by atoms with E-state index in [1.807, 2.05) is 6.07 Å². The maximum Gasteiger partial charge on any atom is 0.329 e. The molecule has 0 fully saturated rings. The van der Waals surface area contributed by atoms with Gasteiger partial charge in [-0.15, -0.1) is 0 Å². The minimum Gasteiger partial charge on any atom is -0.451 e. The molecule has 3 N–H and O–H groups in total. The van der Waals surface area contributed by atoms with Crippen molar-refractivity contribution in [2.45, 2.75) is 32.9 Å². The Morgan fingerprint density at radius 1 is 0.897 bits per heavy atom. The zero-order valence-corrected chi connectivity index (χ0v) is 17.2. The number of ether oxygens (including phenoxy) is 1. The molecular weight excluding hydrogens is 394 g/mol. The van der Waals surface area contributed by atoms with Gasteiger partial charge in [-0.1, -0.05) is 49.7 Å². The second kappa shape index (κ2) is 10.5. The number of hydrogen-bond acceptors (Lipinski definition) is 4. The lowest BCUT2D eigenvalue weighted by Crippen LogP contribution is -2.48. The molecule has 0 heterocycles. The average molecular weight is 418 g/mol. The van der Waals surface area contributed by atoms with Gasteiger partial charge in [-0.3, -0.25) is 4.79 Å². The fraction of sp³-hybridized carbons (Fsp3) is 0.286. The van der Waals surface area contributed by atoms with Crippen molar-refractivity contribution in [3.8, 4) is 0 Å². The minimum atomic E-state index is -1.05. The van der Waals surface area contributed by atoms with Crippen LogP contribution >= 0.6 is 11.6 Å². The van der Waals surface area contributed by atoms with Crippen LogP contribution in [0.4, 0.5) is 16.2 Å². The van der Waals surface area contributed by atoms with Gasteiger partial charge in [0.1, 0.15) is 6.04 Å². The number of esters is 1. The zero-order chi connectivity index (χ0) is 21.4. The van der Waals surface area contributed by atoms with Gasteiger partial charge in [-0.05, 0) is 43.2 Å². The molecule has 3 amide bonds. The molecule has 8 heteroatoms. The van der Waals surface area contributed by atoms with E-state index in [2.05, 4.69) is 16.0 Å². The summed E-state index contributed by atoms with van der Waals surface area (Å²) in [4.78, 5) is 37.0. The quantitative estimate of drug-likeness (QED) is 0.592. The van der Waals surface area contributed by atoms with Crippen LogP contribution in [0.25, 0.3) is 0 Å². The van der Waals surface area contributed by atoms with Crippen molar-refractivity contribution in [1.82, 2.24) is 5.32 Å². The van der Waals surface area contributed by atoms with E-state index in [0.29, 0.717) is 16.4 Å². The normalized spacial score (nSPS) is 12.6. The minimum absolute atomic E-state index is 0.243. The fourth-order valence-electron chi connectivity index (χ4n) is 2.44. The summed E-state index contributed by atoms with van der Waals surface area (Å²) in [6.45, 7) is 5.00. The van der Waals surface area contributed by atoms with Crippen molar-refractivity contribution < 1.29 is 19.1 Å². The van der Waals surface area contributed by atoms with E-state index in [9.17, 15) is 14.4 Å². The van der Waals surface area contributed by atoms with Crippen molar-refractivity contribution in [2.24, 2.45) is 5.92 Å². The van der Waals surface area contributed by atoms with Gasteiger partial charge in [0.05, 0.1) is 0 Å². The van der Waals surface area contributed by atoms with E-state index < -0.39 is 30.1 Å². The number of halogens is 1. The van der Waals surface area contributed by atoms with E-state index in [4.69, 9.17) is 16.3 Å². The summed E-state index contributed by atoms with van der Waals surface area (Å²) in [7, 11) is 0. The Morgan fingerprint density at radius 2 is 1.55 bits per heavy atom. The molecular formula is C21H24ClN3O4. The first kappa shape index (κ1) is 22.2. The van der Waals surface area contributed by atoms with Crippen LogP contribution in [0.1, 0.15) is 20.8 Å². The summed E-state index contributed by atoms with van der Waals surface area (Å²) in [5, 5.41) is 8.34. The van der Waals surface area contributed by atoms with Gasteiger partial charge in [-0.25, -0.2) is 9.59 Å². The summed E-state index contributed by atoms with van der Waals surface area (Å²) in [6, 6.07) is 14.0. The van der Waals surface area contributed by atoms with Crippen molar-refractivity contribution >= 4 is 40.9 Å². The topological polar surface area (TPSA) is 96.5 Å². The highest BCUT2D eigenvalue weighted by Crippen LogP contribution is 2.16. The lowest BCUT2D eigenvalue weighted by molar-refractivity contribution is -0.156. The third-order valence-electron chi connectivity index (χ3n) is 3.99. The Kier molecular flexibility index (Phi) is 8.03. The number of benzene rings is 2. The van der Waals surface area contributed by atoms with Gasteiger partial charge in [-0.2, -0.15) is 0 Å². The van der Waals surface area contributed by atoms with Crippen LogP contribution < -0.4 is 16.0 Å². The van der Waals surface area contributed by atoms with E-state index in [-0.39, 0.29) is 5.92 Å². The van der Waals surface area contributed by atoms with Crippen molar-refractivity contribution in [3.05, 3.63) is 59.6 Å². The highest BCUT2D eigenvalue weighted by molar-refractivity contribution is 6.30. The number of hydrogen-bond donors (Lipinski definition) is 3. The standard InChI is InChI=1S/C21H24ClN3O4/c1-13(2)18(25-21(28)24-16-9-5-4-6-10-16)20(27)29-14(3)19(26)23-17-11-7-8-15(22)12-17/h4-14,18H,1-3H3,(H,23,26)(H2,24,25,28)/t14-,18+/m0/s1. The maximum atomic E-state index is 12.5. The molecule has 0 aliphatic heterocycles. The zero-order valence-electron chi connectivity index (χ0n) is 16.4. The van der Waals surface area contributed by atoms with Crippen LogP contribution in [0.3, 0.4) is 0 Å². The summed E-state index contributed by atoms with van der Waals surface area (Å²) < 4.78 is 5.26. The number of anilines is 2. The van der Waals surface area contributed by atoms with Crippen molar-refractivity contribution in [2.75, 3.05) is 10.6 Å². The molecule has 2 aromatic carbocycles. The number of rotatable bonds is 7. The summed E-state index contributed by atoms with van der Waals surface area (Å²) in [5.74, 6) is -1.44. The first-order valence-corrected chi connectivity index (χ1v) is 9.53. The van der Waals surface area contributed by atoms with E-state index >= 15 is 0 Å². The molecule has 29 heavy (non-hydrogen) atoms. The average Bonchev–Trinajstić information content (AvgIpc) is 2.66. The first-order valence-electron chi connectivity index (χ1n) is 9.15. The Hall–Kier alpha value is -3.06. The maximum absolute atomic E-state index is 12.5. The Balaban J connectivity index is 1.93. The monoisotopic (exact) mass is 417 g/mol. The molecule has 0 aliphatic carbocycles. The van der Waals surface area contributed by atoms with Gasteiger partial charge in [0, 0.05) is 16.4 Å². The lowest BCUT2D eigenvalue weighted by Gasteiger charge is -2.23. The van der Waals surface area contributed by atoms with E-state index in [0.717, 1.165) is 0 Å². The molecule has 0 aliphatic rings. The number of para-hydroxylation sites is 1. The summed E-state index contributed by atoms with van der Waals surface area (Å²) in [5.41, 5.74) is 1.08. The second-order valence-corrected chi connectivity index (χ2v) is 7.20. The molecule has 0 saturated carbocycles. The Labute approximate surface area is 174 Å². The van der Waals surface area contributed by atoms with Crippen molar-refractivity contribution in [3.63, 3.8) is 0 Å². The highest BCUT2D eigenvalue weighted by Gasteiger charge is 2.29. The van der Waals surface area contributed by atoms with E-state index in [1.165, 1.54) is 6.92 Å². The number of urea groups is 1. The number of nitrogens with one attached hydrogen (secondary N) is 3.